The monoisotopic (exact) mass is 274 g/mol. The molecular formula is C9H10ClF3O2S. The van der Waals surface area contributed by atoms with E-state index in [4.69, 9.17) is 10.7 Å². The molecule has 0 fully saturated rings. The summed E-state index contributed by atoms with van der Waals surface area (Å²) in [6.45, 7) is 0.823. The van der Waals surface area contributed by atoms with Crippen molar-refractivity contribution in [2.45, 2.75) is 24.3 Å². The van der Waals surface area contributed by atoms with Crippen LogP contribution in [0.15, 0.2) is 24.3 Å². The summed E-state index contributed by atoms with van der Waals surface area (Å²) < 4.78 is 58.5. The minimum Gasteiger partial charge on any atom is -0.211 e. The highest BCUT2D eigenvalue weighted by Gasteiger charge is 2.56. The standard InChI is InChI=1S/C9H10ClF3O2S/c1-7(9(11,12)13)8(16(10,14)15)5-3-2-4-6-8/h2-5,7H,6H2,1H3. The fourth-order valence-corrected chi connectivity index (χ4v) is 3.44. The van der Waals surface area contributed by atoms with Gasteiger partial charge in [0.05, 0.1) is 5.92 Å². The van der Waals surface area contributed by atoms with Crippen LogP contribution in [0.4, 0.5) is 13.2 Å². The molecule has 0 bridgehead atoms. The van der Waals surface area contributed by atoms with Crippen molar-refractivity contribution in [3.8, 4) is 0 Å². The van der Waals surface area contributed by atoms with Gasteiger partial charge in [0.2, 0.25) is 9.05 Å². The predicted octanol–water partition coefficient (Wildman–Crippen LogP) is 3.01. The molecule has 2 nitrogen and oxygen atoms in total. The van der Waals surface area contributed by atoms with Gasteiger partial charge < -0.3 is 0 Å². The van der Waals surface area contributed by atoms with E-state index in [0.717, 1.165) is 13.0 Å². The summed E-state index contributed by atoms with van der Waals surface area (Å²) in [4.78, 5) is 0. The fraction of sp³-hybridized carbons (Fsp3) is 0.556. The molecule has 7 heteroatoms. The lowest BCUT2D eigenvalue weighted by Gasteiger charge is -2.34. The molecule has 1 rings (SSSR count). The smallest absolute Gasteiger partial charge is 0.211 e. The zero-order valence-corrected chi connectivity index (χ0v) is 9.90. The van der Waals surface area contributed by atoms with Crippen LogP contribution >= 0.6 is 10.7 Å². The van der Waals surface area contributed by atoms with Crippen LogP contribution in [0.3, 0.4) is 0 Å². The van der Waals surface area contributed by atoms with Gasteiger partial charge in [0.1, 0.15) is 4.75 Å². The lowest BCUT2D eigenvalue weighted by molar-refractivity contribution is -0.175. The van der Waals surface area contributed by atoms with Gasteiger partial charge in [0.15, 0.2) is 0 Å². The number of halogens is 4. The fourth-order valence-electron chi connectivity index (χ4n) is 1.61. The maximum atomic E-state index is 12.6. The second-order valence-corrected chi connectivity index (χ2v) is 6.50. The summed E-state index contributed by atoms with van der Waals surface area (Å²) in [5.74, 6) is -2.05. The number of allylic oxidation sites excluding steroid dienone is 3. The van der Waals surface area contributed by atoms with E-state index < -0.39 is 25.9 Å². The molecule has 0 amide bonds. The summed E-state index contributed by atoms with van der Waals surface area (Å²) in [6.07, 6.45) is 0.248. The molecule has 0 heterocycles. The maximum Gasteiger partial charge on any atom is 0.393 e. The minimum atomic E-state index is -4.61. The van der Waals surface area contributed by atoms with Crippen molar-refractivity contribution in [3.05, 3.63) is 24.3 Å². The Morgan fingerprint density at radius 3 is 2.25 bits per heavy atom. The second-order valence-electron chi connectivity index (χ2n) is 3.65. The molecule has 2 unspecified atom stereocenters. The molecule has 0 saturated heterocycles. The average molecular weight is 275 g/mol. The Bertz CT molecular complexity index is 425. The highest BCUT2D eigenvalue weighted by atomic mass is 35.7. The molecule has 0 spiro atoms. The normalized spacial score (nSPS) is 28.1. The molecule has 92 valence electrons. The van der Waals surface area contributed by atoms with Gasteiger partial charge in [-0.15, -0.1) is 0 Å². The van der Waals surface area contributed by atoms with Crippen LogP contribution in [0.2, 0.25) is 0 Å². The van der Waals surface area contributed by atoms with Gasteiger partial charge in [-0.1, -0.05) is 31.2 Å². The first-order valence-corrected chi connectivity index (χ1v) is 6.77. The van der Waals surface area contributed by atoms with Gasteiger partial charge in [0.25, 0.3) is 0 Å². The largest absolute Gasteiger partial charge is 0.393 e. The summed E-state index contributed by atoms with van der Waals surface area (Å²) in [5, 5.41) is 0. The third-order valence-electron chi connectivity index (χ3n) is 2.74. The summed E-state index contributed by atoms with van der Waals surface area (Å²) >= 11 is 0. The number of hydrogen-bond donors (Lipinski definition) is 0. The second kappa shape index (κ2) is 4.07. The van der Waals surface area contributed by atoms with Crippen LogP contribution in [0.25, 0.3) is 0 Å². The van der Waals surface area contributed by atoms with Gasteiger partial charge in [-0.2, -0.15) is 13.2 Å². The number of hydrogen-bond acceptors (Lipinski definition) is 2. The predicted molar refractivity (Wildman–Crippen MR) is 55.6 cm³/mol. The SMILES string of the molecule is CC(C(F)(F)F)C1(S(=O)(=O)Cl)C=CC=CC1. The van der Waals surface area contributed by atoms with Crippen molar-refractivity contribution in [2.24, 2.45) is 5.92 Å². The van der Waals surface area contributed by atoms with E-state index >= 15 is 0 Å². The quantitative estimate of drug-likeness (QED) is 0.726. The van der Waals surface area contributed by atoms with E-state index in [9.17, 15) is 21.6 Å². The lowest BCUT2D eigenvalue weighted by atomic mass is 9.86. The van der Waals surface area contributed by atoms with Crippen LogP contribution in [0.5, 0.6) is 0 Å². The molecular weight excluding hydrogens is 265 g/mol. The van der Waals surface area contributed by atoms with E-state index in [2.05, 4.69) is 0 Å². The highest BCUT2D eigenvalue weighted by molar-refractivity contribution is 8.15. The van der Waals surface area contributed by atoms with Crippen LogP contribution < -0.4 is 0 Å². The summed E-state index contributed by atoms with van der Waals surface area (Å²) in [5.41, 5.74) is 0. The Hall–Kier alpha value is -0.490. The topological polar surface area (TPSA) is 34.1 Å². The van der Waals surface area contributed by atoms with Crippen LogP contribution in [-0.2, 0) is 9.05 Å². The first-order chi connectivity index (χ1) is 7.11. The van der Waals surface area contributed by atoms with E-state index in [-0.39, 0.29) is 6.42 Å². The van der Waals surface area contributed by atoms with Crippen LogP contribution in [-0.4, -0.2) is 19.3 Å². The molecule has 0 aromatic rings. The Morgan fingerprint density at radius 1 is 1.38 bits per heavy atom. The molecule has 0 N–H and O–H groups in total. The maximum absolute atomic E-state index is 12.6. The van der Waals surface area contributed by atoms with Gasteiger partial charge in [-0.3, -0.25) is 0 Å². The van der Waals surface area contributed by atoms with Crippen molar-refractivity contribution in [2.75, 3.05) is 0 Å². The van der Waals surface area contributed by atoms with Crippen molar-refractivity contribution < 1.29 is 21.6 Å². The van der Waals surface area contributed by atoms with Gasteiger partial charge in [-0.25, -0.2) is 8.42 Å². The minimum absolute atomic E-state index is 0.268. The average Bonchev–Trinajstić information content (AvgIpc) is 2.14. The number of alkyl halides is 3. The van der Waals surface area contributed by atoms with Crippen LogP contribution in [0.1, 0.15) is 13.3 Å². The van der Waals surface area contributed by atoms with Gasteiger partial charge in [-0.05, 0) is 6.42 Å². The Morgan fingerprint density at radius 2 is 1.94 bits per heavy atom. The van der Waals surface area contributed by atoms with E-state index in [0.29, 0.717) is 0 Å². The Kier molecular flexibility index (Phi) is 3.45. The zero-order chi connectivity index (χ0) is 12.6. The van der Waals surface area contributed by atoms with Crippen molar-refractivity contribution in [1.29, 1.82) is 0 Å². The molecule has 2 atom stereocenters. The van der Waals surface area contributed by atoms with Gasteiger partial charge in [0, 0.05) is 10.7 Å². The molecule has 1 aliphatic rings. The number of rotatable bonds is 2. The molecule has 0 aromatic carbocycles. The highest BCUT2D eigenvalue weighted by Crippen LogP contribution is 2.44. The lowest BCUT2D eigenvalue weighted by Crippen LogP contribution is -2.47. The van der Waals surface area contributed by atoms with Crippen molar-refractivity contribution >= 4 is 19.7 Å². The van der Waals surface area contributed by atoms with Gasteiger partial charge >= 0.3 is 6.18 Å². The molecule has 1 aliphatic carbocycles. The van der Waals surface area contributed by atoms with Crippen LogP contribution in [0, 0.1) is 5.92 Å². The van der Waals surface area contributed by atoms with Crippen molar-refractivity contribution in [3.63, 3.8) is 0 Å². The zero-order valence-electron chi connectivity index (χ0n) is 8.33. The third kappa shape index (κ3) is 2.27. The Balaban J connectivity index is 3.28. The molecule has 0 aromatic heterocycles. The Labute approximate surface area is 96.2 Å². The molecule has 0 saturated carbocycles. The van der Waals surface area contributed by atoms with E-state index in [1.807, 2.05) is 0 Å². The van der Waals surface area contributed by atoms with E-state index in [1.54, 1.807) is 0 Å². The first-order valence-electron chi connectivity index (χ1n) is 4.46. The molecule has 0 radical (unpaired) electrons. The first kappa shape index (κ1) is 13.6. The van der Waals surface area contributed by atoms with Crippen molar-refractivity contribution in [1.82, 2.24) is 0 Å². The molecule has 0 aliphatic heterocycles. The van der Waals surface area contributed by atoms with E-state index in [1.165, 1.54) is 18.2 Å². The third-order valence-corrected chi connectivity index (χ3v) is 5.17. The molecule has 16 heavy (non-hydrogen) atoms. The summed E-state index contributed by atoms with van der Waals surface area (Å²) in [6, 6.07) is 0. The summed E-state index contributed by atoms with van der Waals surface area (Å²) in [7, 11) is 0.801.